The van der Waals surface area contributed by atoms with Crippen molar-refractivity contribution in [3.63, 3.8) is 0 Å². The summed E-state index contributed by atoms with van der Waals surface area (Å²) in [5.74, 6) is 1.61. The van der Waals surface area contributed by atoms with Crippen molar-refractivity contribution in [3.8, 4) is 29.0 Å². The van der Waals surface area contributed by atoms with Crippen LogP contribution in [-0.2, 0) is 0 Å². The van der Waals surface area contributed by atoms with E-state index in [2.05, 4.69) is 196 Å². The first-order chi connectivity index (χ1) is 32.3. The van der Waals surface area contributed by atoms with Gasteiger partial charge in [0.25, 0.3) is 0 Å². The van der Waals surface area contributed by atoms with Crippen molar-refractivity contribution in [1.29, 1.82) is 0 Å². The number of para-hydroxylation sites is 5. The van der Waals surface area contributed by atoms with Crippen LogP contribution < -0.4 is 0 Å². The molecule has 15 aromatic rings. The van der Waals surface area contributed by atoms with Crippen molar-refractivity contribution in [2.45, 2.75) is 0 Å². The Hall–Kier alpha value is -8.59. The number of fused-ring (bicyclic) bond motifs is 17. The zero-order chi connectivity index (χ0) is 42.3. The Morgan fingerprint density at radius 2 is 0.923 bits per heavy atom. The largest absolute Gasteiger partial charge is 0.454 e. The molecule has 0 fully saturated rings. The molecule has 6 aromatic heterocycles. The average molecular weight is 849 g/mol. The van der Waals surface area contributed by atoms with Gasteiger partial charge in [-0.15, -0.1) is 11.3 Å². The lowest BCUT2D eigenvalue weighted by molar-refractivity contribution is 0.670. The molecule has 65 heavy (non-hydrogen) atoms. The minimum Gasteiger partial charge on any atom is -0.454 e. The van der Waals surface area contributed by atoms with E-state index in [1.165, 1.54) is 20.2 Å². The summed E-state index contributed by atoms with van der Waals surface area (Å²) in [6.07, 6.45) is 0. The quantitative estimate of drug-likeness (QED) is 0.177. The first-order valence-electron chi connectivity index (χ1n) is 21.8. The smallest absolute Gasteiger partial charge is 0.240 e. The highest BCUT2D eigenvalue weighted by atomic mass is 32.1. The third-order valence-corrected chi connectivity index (χ3v) is 14.5. The van der Waals surface area contributed by atoms with Gasteiger partial charge in [0.1, 0.15) is 11.1 Å². The molecule has 0 N–H and O–H groups in total. The summed E-state index contributed by atoms with van der Waals surface area (Å²) in [7, 11) is 0. The van der Waals surface area contributed by atoms with Crippen LogP contribution in [-0.4, -0.2) is 28.7 Å². The van der Waals surface area contributed by atoms with Crippen molar-refractivity contribution < 1.29 is 4.42 Å². The second-order valence-corrected chi connectivity index (χ2v) is 17.8. The highest BCUT2D eigenvalue weighted by Crippen LogP contribution is 2.45. The standard InChI is InChI=1S/C57H32N6OS/c1-2-15-33(16-3-1)61-46-25-11-6-21-42(46)50-43(22-14-26-47(50)61)55-58-56(62-44-23-9-4-17-34(44)38-29-31-40-36-19-7-12-27-48(36)64-53(40)51(38)62)60-57(59-55)63-45-24-10-5-18-35(45)39-30-32-41-37-20-8-13-28-49(37)65-54(41)52(39)63/h1-32H. The van der Waals surface area contributed by atoms with Gasteiger partial charge in [-0.25, -0.2) is 0 Å². The van der Waals surface area contributed by atoms with Crippen LogP contribution in [0, 0.1) is 0 Å². The van der Waals surface area contributed by atoms with Gasteiger partial charge < -0.3 is 8.98 Å². The number of aromatic nitrogens is 6. The molecule has 0 saturated carbocycles. The van der Waals surface area contributed by atoms with Crippen LogP contribution in [0.5, 0.6) is 0 Å². The maximum Gasteiger partial charge on any atom is 0.240 e. The van der Waals surface area contributed by atoms with Crippen molar-refractivity contribution in [3.05, 3.63) is 194 Å². The summed E-state index contributed by atoms with van der Waals surface area (Å²) in [6.45, 7) is 0. The molecular formula is C57H32N6OS. The Balaban J connectivity index is 1.12. The SMILES string of the molecule is c1ccc(-n2c3ccccc3c3c(-c4nc(-n5c6ccccc6c6ccc7c8ccccc8oc7c65)nc(-n5c6ccccc6c6ccc7c8ccccc8sc7c65)n4)cccc32)cc1. The molecule has 15 rings (SSSR count). The zero-order valence-electron chi connectivity index (χ0n) is 34.5. The molecule has 0 bridgehead atoms. The first-order valence-corrected chi connectivity index (χ1v) is 22.6. The minimum atomic E-state index is 0.502. The maximum atomic E-state index is 6.82. The van der Waals surface area contributed by atoms with E-state index in [0.717, 1.165) is 98.6 Å². The second-order valence-electron chi connectivity index (χ2n) is 16.7. The molecule has 0 saturated heterocycles. The van der Waals surface area contributed by atoms with Crippen LogP contribution in [0.25, 0.3) is 137 Å². The lowest BCUT2D eigenvalue weighted by Crippen LogP contribution is -2.10. The third-order valence-electron chi connectivity index (χ3n) is 13.3. The van der Waals surface area contributed by atoms with Gasteiger partial charge in [-0.3, -0.25) is 9.13 Å². The van der Waals surface area contributed by atoms with Gasteiger partial charge in [0.15, 0.2) is 11.4 Å². The number of hydrogen-bond acceptors (Lipinski definition) is 5. The topological polar surface area (TPSA) is 66.6 Å². The van der Waals surface area contributed by atoms with Crippen molar-refractivity contribution in [1.82, 2.24) is 28.7 Å². The number of hydrogen-bond donors (Lipinski definition) is 0. The molecule has 0 amide bonds. The molecular weight excluding hydrogens is 817 g/mol. The Morgan fingerprint density at radius 1 is 0.369 bits per heavy atom. The lowest BCUT2D eigenvalue weighted by Gasteiger charge is -2.13. The molecule has 0 atom stereocenters. The van der Waals surface area contributed by atoms with E-state index in [-0.39, 0.29) is 0 Å². The van der Waals surface area contributed by atoms with E-state index in [9.17, 15) is 0 Å². The second kappa shape index (κ2) is 13.0. The zero-order valence-corrected chi connectivity index (χ0v) is 35.3. The van der Waals surface area contributed by atoms with Crippen LogP contribution in [0.3, 0.4) is 0 Å². The van der Waals surface area contributed by atoms with Crippen LogP contribution in [0.1, 0.15) is 0 Å². The van der Waals surface area contributed by atoms with Gasteiger partial charge in [-0.2, -0.15) is 15.0 Å². The van der Waals surface area contributed by atoms with Crippen molar-refractivity contribution >= 4 is 119 Å². The highest BCUT2D eigenvalue weighted by Gasteiger charge is 2.26. The normalized spacial score (nSPS) is 12.3. The molecule has 7 nitrogen and oxygen atoms in total. The molecule has 0 aliphatic rings. The number of thiophene rings is 1. The fourth-order valence-corrected chi connectivity index (χ4v) is 11.9. The Labute approximate surface area is 373 Å². The molecule has 0 unspecified atom stereocenters. The summed E-state index contributed by atoms with van der Waals surface area (Å²) in [6, 6.07) is 68.7. The molecule has 9 aromatic carbocycles. The van der Waals surface area contributed by atoms with E-state index >= 15 is 0 Å². The van der Waals surface area contributed by atoms with Gasteiger partial charge in [0, 0.05) is 69.8 Å². The fraction of sp³-hybridized carbons (Fsp3) is 0. The first kappa shape index (κ1) is 34.9. The highest BCUT2D eigenvalue weighted by molar-refractivity contribution is 7.26. The van der Waals surface area contributed by atoms with Gasteiger partial charge in [-0.1, -0.05) is 140 Å². The monoisotopic (exact) mass is 848 g/mol. The minimum absolute atomic E-state index is 0.502. The molecule has 302 valence electrons. The Morgan fingerprint density at radius 3 is 1.68 bits per heavy atom. The number of nitrogens with zero attached hydrogens (tertiary/aromatic N) is 6. The Kier molecular flexibility index (Phi) is 6.98. The predicted molar refractivity (Wildman–Crippen MR) is 268 cm³/mol. The van der Waals surface area contributed by atoms with Gasteiger partial charge in [0.05, 0.1) is 32.3 Å². The van der Waals surface area contributed by atoms with Gasteiger partial charge in [-0.05, 0) is 54.6 Å². The molecule has 0 aliphatic heterocycles. The molecule has 0 spiro atoms. The number of benzene rings is 9. The van der Waals surface area contributed by atoms with Crippen LogP contribution in [0.15, 0.2) is 199 Å². The third kappa shape index (κ3) is 4.75. The van der Waals surface area contributed by atoms with Crippen LogP contribution in [0.4, 0.5) is 0 Å². The molecule has 0 aliphatic carbocycles. The molecule has 8 heteroatoms. The van der Waals surface area contributed by atoms with E-state index in [0.29, 0.717) is 17.7 Å². The number of rotatable bonds is 4. The summed E-state index contributed by atoms with van der Waals surface area (Å²) < 4.78 is 16.1. The molecule has 0 radical (unpaired) electrons. The van der Waals surface area contributed by atoms with Crippen molar-refractivity contribution in [2.24, 2.45) is 0 Å². The van der Waals surface area contributed by atoms with Gasteiger partial charge in [0.2, 0.25) is 11.9 Å². The fourth-order valence-electron chi connectivity index (χ4n) is 10.6. The predicted octanol–water partition coefficient (Wildman–Crippen LogP) is 15.1. The average Bonchev–Trinajstić information content (AvgIpc) is 4.18. The summed E-state index contributed by atoms with van der Waals surface area (Å²) in [5.41, 5.74) is 9.81. The van der Waals surface area contributed by atoms with Crippen LogP contribution >= 0.6 is 11.3 Å². The van der Waals surface area contributed by atoms with Crippen LogP contribution in [0.2, 0.25) is 0 Å². The summed E-state index contributed by atoms with van der Waals surface area (Å²) in [4.78, 5) is 16.8. The maximum absolute atomic E-state index is 6.82. The lowest BCUT2D eigenvalue weighted by atomic mass is 10.1. The van der Waals surface area contributed by atoms with Crippen molar-refractivity contribution in [2.75, 3.05) is 0 Å². The van der Waals surface area contributed by atoms with E-state index in [1.54, 1.807) is 0 Å². The summed E-state index contributed by atoms with van der Waals surface area (Å²) in [5, 5.41) is 11.2. The van der Waals surface area contributed by atoms with E-state index in [4.69, 9.17) is 19.4 Å². The molecule has 6 heterocycles. The number of furan rings is 1. The summed E-state index contributed by atoms with van der Waals surface area (Å²) >= 11 is 1.82. The van der Waals surface area contributed by atoms with E-state index in [1.807, 2.05) is 23.5 Å². The Bertz CT molecular complexity index is 4290. The van der Waals surface area contributed by atoms with Gasteiger partial charge >= 0.3 is 0 Å². The van der Waals surface area contributed by atoms with E-state index < -0.39 is 0 Å².